The van der Waals surface area contributed by atoms with E-state index in [4.69, 9.17) is 36.6 Å². The quantitative estimate of drug-likeness (QED) is 0.0843. The van der Waals surface area contributed by atoms with E-state index in [1.807, 2.05) is 73.7 Å². The Morgan fingerprint density at radius 2 is 1.73 bits per heavy atom. The third-order valence-electron chi connectivity index (χ3n) is 6.74. The Kier molecular flexibility index (Phi) is 12.4. The Bertz CT molecular complexity index is 1640. The highest BCUT2D eigenvalue weighted by atomic mass is 32.3. The van der Waals surface area contributed by atoms with Crippen molar-refractivity contribution >= 4 is 38.5 Å². The number of ether oxygens (including phenoxy) is 3. The van der Waals surface area contributed by atoms with Gasteiger partial charge >= 0.3 is 10.4 Å². The first-order valence-electron chi connectivity index (χ1n) is 14.2. The van der Waals surface area contributed by atoms with E-state index < -0.39 is 10.4 Å². The molecular formula is C31H37N5O8S. The van der Waals surface area contributed by atoms with E-state index in [9.17, 15) is 0 Å². The summed E-state index contributed by atoms with van der Waals surface area (Å²) in [6.45, 7) is 7.48. The fourth-order valence-corrected chi connectivity index (χ4v) is 4.49. The topological polar surface area (TPSA) is 165 Å². The van der Waals surface area contributed by atoms with Gasteiger partial charge in [-0.3, -0.25) is 14.0 Å². The fourth-order valence-electron chi connectivity index (χ4n) is 4.49. The van der Waals surface area contributed by atoms with Crippen LogP contribution in [0.25, 0.3) is 10.9 Å². The van der Waals surface area contributed by atoms with Gasteiger partial charge in [-0.1, -0.05) is 47.6 Å². The second-order valence-electron chi connectivity index (χ2n) is 9.98. The maximum atomic E-state index is 8.74. The molecule has 45 heavy (non-hydrogen) atoms. The summed E-state index contributed by atoms with van der Waals surface area (Å²) in [5.74, 6) is 2.01. The van der Waals surface area contributed by atoms with E-state index >= 15 is 0 Å². The Morgan fingerprint density at radius 1 is 1.02 bits per heavy atom. The number of aromatic nitrogens is 2. The number of nitrogens with zero attached hydrogens (tertiary/aromatic N) is 4. The number of anilines is 2. The van der Waals surface area contributed by atoms with Gasteiger partial charge in [0.05, 0.1) is 38.2 Å². The number of hydrogen-bond donors (Lipinski definition) is 3. The molecule has 0 atom stereocenters. The van der Waals surface area contributed by atoms with Gasteiger partial charge in [0.1, 0.15) is 18.8 Å². The molecule has 0 radical (unpaired) electrons. The Balaban J connectivity index is 0.000000854. The van der Waals surface area contributed by atoms with Crippen LogP contribution in [0.1, 0.15) is 24.5 Å². The first-order valence-corrected chi connectivity index (χ1v) is 15.6. The molecule has 1 fully saturated rings. The molecule has 0 unspecified atom stereocenters. The number of methoxy groups -OCH3 is 1. The molecule has 0 spiro atoms. The number of oxime groups is 1. The Morgan fingerprint density at radius 3 is 2.42 bits per heavy atom. The average Bonchev–Trinajstić information content (AvgIpc) is 3.03. The highest BCUT2D eigenvalue weighted by Gasteiger charge is 2.14. The van der Waals surface area contributed by atoms with Gasteiger partial charge in [-0.15, -0.1) is 0 Å². The van der Waals surface area contributed by atoms with Crippen LogP contribution in [0.15, 0.2) is 78.2 Å². The van der Waals surface area contributed by atoms with E-state index in [0.29, 0.717) is 30.5 Å². The predicted molar refractivity (Wildman–Crippen MR) is 171 cm³/mol. The van der Waals surface area contributed by atoms with Gasteiger partial charge in [0.25, 0.3) is 0 Å². The van der Waals surface area contributed by atoms with E-state index in [0.717, 1.165) is 72.7 Å². The third kappa shape index (κ3) is 11.3. The van der Waals surface area contributed by atoms with Crippen LogP contribution in [-0.4, -0.2) is 84.7 Å². The smallest absolute Gasteiger partial charge is 0.394 e. The molecule has 0 saturated carbocycles. The summed E-state index contributed by atoms with van der Waals surface area (Å²) < 4.78 is 48.7. The molecule has 0 amide bonds. The maximum absolute atomic E-state index is 8.74. The van der Waals surface area contributed by atoms with Crippen molar-refractivity contribution in [3.8, 4) is 11.5 Å². The fraction of sp³-hybridized carbons (Fsp3) is 0.323. The van der Waals surface area contributed by atoms with Crippen LogP contribution >= 0.6 is 0 Å². The SMILES string of the molecule is COc1cc2ncnc(Nc3ccc(/C(C)=N\OCc4ccccc4)cc3)c2cc1OCCCN1CCOCC1.O=S(=O)(O)O. The zero-order chi connectivity index (χ0) is 32.1. The van der Waals surface area contributed by atoms with Crippen LogP contribution < -0.4 is 14.8 Å². The van der Waals surface area contributed by atoms with E-state index in [1.54, 1.807) is 13.4 Å². The molecule has 3 aromatic carbocycles. The monoisotopic (exact) mass is 639 g/mol. The van der Waals surface area contributed by atoms with Gasteiger partial charge in [-0.2, -0.15) is 8.42 Å². The van der Waals surface area contributed by atoms with Crippen molar-refractivity contribution in [3.05, 3.63) is 84.2 Å². The normalized spacial score (nSPS) is 13.9. The van der Waals surface area contributed by atoms with Crippen LogP contribution in [0.5, 0.6) is 11.5 Å². The van der Waals surface area contributed by atoms with Crippen LogP contribution in [0.3, 0.4) is 0 Å². The van der Waals surface area contributed by atoms with Crippen LogP contribution in [0.2, 0.25) is 0 Å². The summed E-state index contributed by atoms with van der Waals surface area (Å²) in [5, 5.41) is 8.53. The molecule has 0 aliphatic carbocycles. The Labute approximate surface area is 262 Å². The molecule has 3 N–H and O–H groups in total. The lowest BCUT2D eigenvalue weighted by Crippen LogP contribution is -2.37. The van der Waals surface area contributed by atoms with Crippen molar-refractivity contribution in [2.24, 2.45) is 5.16 Å². The van der Waals surface area contributed by atoms with Crippen molar-refractivity contribution in [1.82, 2.24) is 14.9 Å². The second-order valence-corrected chi connectivity index (χ2v) is 10.9. The van der Waals surface area contributed by atoms with Gasteiger partial charge in [0, 0.05) is 36.8 Å². The molecular weight excluding hydrogens is 602 g/mol. The van der Waals surface area contributed by atoms with Gasteiger partial charge in [-0.05, 0) is 42.7 Å². The summed E-state index contributed by atoms with van der Waals surface area (Å²) in [5.41, 5.74) is 4.52. The molecule has 2 heterocycles. The summed E-state index contributed by atoms with van der Waals surface area (Å²) >= 11 is 0. The van der Waals surface area contributed by atoms with Gasteiger partial charge in [0.15, 0.2) is 11.5 Å². The minimum Gasteiger partial charge on any atom is -0.493 e. The molecule has 4 aromatic rings. The summed E-state index contributed by atoms with van der Waals surface area (Å²) in [4.78, 5) is 16.9. The molecule has 1 aliphatic heterocycles. The standard InChI is InChI=1S/C31H35N5O4.H2O4S/c1-23(35-40-21-24-7-4-3-5-8-24)25-9-11-26(12-10-25)34-31-27-19-30(29(37-2)20-28(27)32-22-33-31)39-16-6-13-36-14-17-38-18-15-36;1-5(2,3)4/h3-5,7-12,19-20,22H,6,13-18,21H2,1-2H3,(H,32,33,34);(H2,1,2,3,4)/b35-23-;. The second kappa shape index (κ2) is 16.7. The molecule has 0 bridgehead atoms. The van der Waals surface area contributed by atoms with Crippen molar-refractivity contribution in [2.75, 3.05) is 51.9 Å². The lowest BCUT2D eigenvalue weighted by molar-refractivity contribution is 0.0357. The number of rotatable bonds is 12. The van der Waals surface area contributed by atoms with E-state index in [1.165, 1.54) is 0 Å². The Hall–Kier alpha value is -4.34. The predicted octanol–water partition coefficient (Wildman–Crippen LogP) is 4.77. The zero-order valence-corrected chi connectivity index (χ0v) is 25.9. The molecule has 13 nitrogen and oxygen atoms in total. The van der Waals surface area contributed by atoms with Gasteiger partial charge < -0.3 is 24.4 Å². The molecule has 1 aliphatic rings. The highest BCUT2D eigenvalue weighted by Crippen LogP contribution is 2.35. The van der Waals surface area contributed by atoms with E-state index in [-0.39, 0.29) is 0 Å². The number of morpholine rings is 1. The third-order valence-corrected chi connectivity index (χ3v) is 6.74. The van der Waals surface area contributed by atoms with Gasteiger partial charge in [0.2, 0.25) is 0 Å². The minimum atomic E-state index is -4.67. The molecule has 14 heteroatoms. The number of nitrogens with one attached hydrogen (secondary N) is 1. The minimum absolute atomic E-state index is 0.433. The lowest BCUT2D eigenvalue weighted by atomic mass is 10.1. The van der Waals surface area contributed by atoms with Crippen LogP contribution in [-0.2, 0) is 26.6 Å². The van der Waals surface area contributed by atoms with Crippen molar-refractivity contribution in [2.45, 2.75) is 20.0 Å². The van der Waals surface area contributed by atoms with Crippen molar-refractivity contribution < 1.29 is 36.6 Å². The summed E-state index contributed by atoms with van der Waals surface area (Å²) in [6.07, 6.45) is 2.46. The first-order chi connectivity index (χ1) is 21.7. The zero-order valence-electron chi connectivity index (χ0n) is 25.1. The first kappa shape index (κ1) is 33.6. The summed E-state index contributed by atoms with van der Waals surface area (Å²) in [6, 6.07) is 21.8. The summed E-state index contributed by atoms with van der Waals surface area (Å²) in [7, 11) is -3.03. The molecule has 1 aromatic heterocycles. The van der Waals surface area contributed by atoms with Crippen LogP contribution in [0.4, 0.5) is 11.5 Å². The van der Waals surface area contributed by atoms with Crippen molar-refractivity contribution in [1.29, 1.82) is 0 Å². The lowest BCUT2D eigenvalue weighted by Gasteiger charge is -2.26. The number of benzene rings is 3. The number of hydrogen-bond acceptors (Lipinski definition) is 11. The largest absolute Gasteiger partial charge is 0.493 e. The average molecular weight is 640 g/mol. The van der Waals surface area contributed by atoms with Crippen molar-refractivity contribution in [3.63, 3.8) is 0 Å². The van der Waals surface area contributed by atoms with Gasteiger partial charge in [-0.25, -0.2) is 9.97 Å². The molecule has 1 saturated heterocycles. The van der Waals surface area contributed by atoms with E-state index in [2.05, 4.69) is 25.3 Å². The molecule has 5 rings (SSSR count). The van der Waals surface area contributed by atoms with Crippen LogP contribution in [0, 0.1) is 0 Å². The maximum Gasteiger partial charge on any atom is 0.394 e. The highest BCUT2D eigenvalue weighted by molar-refractivity contribution is 7.79. The molecule has 240 valence electrons. The number of fused-ring (bicyclic) bond motifs is 1.